The number of oxazole rings is 1. The van der Waals surface area contributed by atoms with E-state index in [-0.39, 0.29) is 0 Å². The van der Waals surface area contributed by atoms with Crippen molar-refractivity contribution in [2.75, 3.05) is 0 Å². The first-order valence-corrected chi connectivity index (χ1v) is 8.69. The molecule has 0 saturated heterocycles. The molecule has 0 aliphatic carbocycles. The summed E-state index contributed by atoms with van der Waals surface area (Å²) in [5.74, 6) is 2.82. The van der Waals surface area contributed by atoms with Crippen LogP contribution >= 0.6 is 0 Å². The fourth-order valence-corrected chi connectivity index (χ4v) is 2.84. The van der Waals surface area contributed by atoms with Gasteiger partial charge in [0.05, 0.1) is 6.26 Å². The van der Waals surface area contributed by atoms with Gasteiger partial charge in [-0.2, -0.15) is 0 Å². The van der Waals surface area contributed by atoms with Gasteiger partial charge in [0.25, 0.3) is 0 Å². The number of fused-ring (bicyclic) bond motifs is 1. The number of aliphatic hydroxyl groups excluding tert-OH is 1. The van der Waals surface area contributed by atoms with Crippen molar-refractivity contribution in [3.8, 4) is 17.2 Å². The molecule has 0 fully saturated rings. The van der Waals surface area contributed by atoms with Crippen molar-refractivity contribution in [1.82, 2.24) is 4.98 Å². The van der Waals surface area contributed by atoms with Crippen molar-refractivity contribution in [2.24, 2.45) is 0 Å². The number of rotatable bonds is 6. The van der Waals surface area contributed by atoms with Crippen LogP contribution in [0.15, 0.2) is 75.8 Å². The van der Waals surface area contributed by atoms with Gasteiger partial charge < -0.3 is 18.7 Å². The molecule has 0 spiro atoms. The summed E-state index contributed by atoms with van der Waals surface area (Å²) in [5.41, 5.74) is 2.45. The van der Waals surface area contributed by atoms with E-state index in [4.69, 9.17) is 18.7 Å². The van der Waals surface area contributed by atoms with Crippen LogP contribution in [0.4, 0.5) is 0 Å². The Hall–Kier alpha value is -3.47. The zero-order valence-electron chi connectivity index (χ0n) is 14.9. The molecule has 27 heavy (non-hydrogen) atoms. The minimum Gasteiger partial charge on any atom is -0.516 e. The largest absolute Gasteiger partial charge is 0.516 e. The second kappa shape index (κ2) is 7.41. The van der Waals surface area contributed by atoms with Gasteiger partial charge in [0.1, 0.15) is 35.2 Å². The average molecular weight is 361 g/mol. The topological polar surface area (TPSA) is 68.6 Å². The van der Waals surface area contributed by atoms with Crippen LogP contribution in [-0.2, 0) is 13.0 Å². The van der Waals surface area contributed by atoms with Crippen molar-refractivity contribution >= 4 is 11.0 Å². The third-order valence-corrected chi connectivity index (χ3v) is 4.26. The molecule has 0 amide bonds. The molecule has 5 heteroatoms. The third-order valence-electron chi connectivity index (χ3n) is 4.26. The first-order chi connectivity index (χ1) is 13.2. The molecular formula is C22H19NO4. The predicted octanol–water partition coefficient (Wildman–Crippen LogP) is 5.59. The van der Waals surface area contributed by atoms with E-state index in [1.807, 2.05) is 61.5 Å². The first-order valence-electron chi connectivity index (χ1n) is 8.69. The van der Waals surface area contributed by atoms with Gasteiger partial charge in [-0.05, 0) is 43.3 Å². The summed E-state index contributed by atoms with van der Waals surface area (Å²) < 4.78 is 17.4. The molecule has 136 valence electrons. The number of aromatic nitrogens is 1. The smallest absolute Gasteiger partial charge is 0.226 e. The Morgan fingerprint density at radius 3 is 2.74 bits per heavy atom. The second-order valence-corrected chi connectivity index (χ2v) is 6.18. The average Bonchev–Trinajstić information content (AvgIpc) is 3.28. The van der Waals surface area contributed by atoms with E-state index < -0.39 is 0 Å². The number of benzene rings is 2. The van der Waals surface area contributed by atoms with Gasteiger partial charge in [0.15, 0.2) is 0 Å². The van der Waals surface area contributed by atoms with Gasteiger partial charge in [-0.1, -0.05) is 18.2 Å². The van der Waals surface area contributed by atoms with Crippen molar-refractivity contribution in [3.63, 3.8) is 0 Å². The summed E-state index contributed by atoms with van der Waals surface area (Å²) in [4.78, 5) is 4.55. The van der Waals surface area contributed by atoms with Crippen LogP contribution in [0, 0.1) is 6.92 Å². The Balaban J connectivity index is 1.49. The Morgan fingerprint density at radius 1 is 1.07 bits per heavy atom. The van der Waals surface area contributed by atoms with Crippen LogP contribution in [-0.4, -0.2) is 10.1 Å². The summed E-state index contributed by atoms with van der Waals surface area (Å²) >= 11 is 0. The molecule has 4 rings (SSSR count). The number of ether oxygens (including phenoxy) is 1. The molecule has 0 bridgehead atoms. The minimum absolute atomic E-state index is 0.314. The quantitative estimate of drug-likeness (QED) is 0.453. The number of nitrogens with zero attached hydrogens (tertiary/aromatic N) is 1. The normalized spacial score (nSPS) is 11.4. The van der Waals surface area contributed by atoms with Crippen LogP contribution in [0.2, 0.25) is 0 Å². The fraction of sp³-hybridized carbons (Fsp3) is 0.136. The molecule has 1 N–H and O–H groups in total. The van der Waals surface area contributed by atoms with Crippen molar-refractivity contribution in [2.45, 2.75) is 20.0 Å². The highest BCUT2D eigenvalue weighted by molar-refractivity contribution is 5.79. The van der Waals surface area contributed by atoms with Gasteiger partial charge >= 0.3 is 0 Å². The number of hydrogen-bond acceptors (Lipinski definition) is 5. The third kappa shape index (κ3) is 3.72. The van der Waals surface area contributed by atoms with Gasteiger partial charge in [-0.3, -0.25) is 0 Å². The maximum atomic E-state index is 8.77. The zero-order chi connectivity index (χ0) is 18.6. The van der Waals surface area contributed by atoms with E-state index in [0.29, 0.717) is 24.7 Å². The van der Waals surface area contributed by atoms with E-state index in [1.165, 1.54) is 0 Å². The molecule has 0 radical (unpaired) electrons. The summed E-state index contributed by atoms with van der Waals surface area (Å²) in [6, 6.07) is 17.4. The minimum atomic E-state index is 0.314. The number of aryl methyl sites for hydroxylation is 1. The van der Waals surface area contributed by atoms with Crippen LogP contribution in [0.5, 0.6) is 5.75 Å². The lowest BCUT2D eigenvalue weighted by atomic mass is 10.2. The summed E-state index contributed by atoms with van der Waals surface area (Å²) in [7, 11) is 0. The summed E-state index contributed by atoms with van der Waals surface area (Å²) in [6.45, 7) is 2.20. The molecule has 0 aliphatic heterocycles. The van der Waals surface area contributed by atoms with Gasteiger partial charge in [-0.25, -0.2) is 4.98 Å². The summed E-state index contributed by atoms with van der Waals surface area (Å²) in [5, 5.41) is 9.76. The Bertz CT molecular complexity index is 1080. The van der Waals surface area contributed by atoms with Crippen LogP contribution < -0.4 is 4.74 Å². The molecule has 2 aromatic heterocycles. The fourth-order valence-electron chi connectivity index (χ4n) is 2.84. The second-order valence-electron chi connectivity index (χ2n) is 6.18. The van der Waals surface area contributed by atoms with Gasteiger partial charge in [0, 0.05) is 23.4 Å². The number of furan rings is 1. The molecule has 0 atom stereocenters. The SMILES string of the molecule is Cc1oc(-c2ccccc2)nc1COc1ccc2cc(C/C=C/O)oc2c1. The molecule has 2 aromatic carbocycles. The Labute approximate surface area is 156 Å². The van der Waals surface area contributed by atoms with Crippen molar-refractivity contribution < 1.29 is 18.7 Å². The standard InChI is InChI=1S/C22H19NO4/c1-15-20(23-22(26-15)16-6-3-2-4-7-16)14-25-18-10-9-17-12-19(8-5-11-24)27-21(17)13-18/h2-7,9-13,24H,8,14H2,1H3/b11-5+. The first kappa shape index (κ1) is 17.0. The lowest BCUT2D eigenvalue weighted by Gasteiger charge is -2.04. The molecular weight excluding hydrogens is 342 g/mol. The Morgan fingerprint density at radius 2 is 1.93 bits per heavy atom. The molecule has 0 unspecified atom stereocenters. The monoisotopic (exact) mass is 361 g/mol. The molecule has 4 aromatic rings. The molecule has 0 aliphatic rings. The van der Waals surface area contributed by atoms with Gasteiger partial charge in [-0.15, -0.1) is 0 Å². The van der Waals surface area contributed by atoms with E-state index in [1.54, 1.807) is 6.08 Å². The highest BCUT2D eigenvalue weighted by atomic mass is 16.5. The van der Waals surface area contributed by atoms with E-state index in [9.17, 15) is 0 Å². The number of allylic oxidation sites excluding steroid dienone is 1. The lowest BCUT2D eigenvalue weighted by molar-refractivity contribution is 0.299. The van der Waals surface area contributed by atoms with Crippen molar-refractivity contribution in [3.05, 3.63) is 84.1 Å². The maximum absolute atomic E-state index is 8.77. The Kier molecular flexibility index (Phi) is 4.66. The van der Waals surface area contributed by atoms with Gasteiger partial charge in [0.2, 0.25) is 5.89 Å². The zero-order valence-corrected chi connectivity index (χ0v) is 14.9. The molecule has 5 nitrogen and oxygen atoms in total. The number of hydrogen-bond donors (Lipinski definition) is 1. The van der Waals surface area contributed by atoms with Crippen LogP contribution in [0.3, 0.4) is 0 Å². The highest BCUT2D eigenvalue weighted by Gasteiger charge is 2.12. The van der Waals surface area contributed by atoms with Crippen LogP contribution in [0.25, 0.3) is 22.4 Å². The van der Waals surface area contributed by atoms with Crippen LogP contribution in [0.1, 0.15) is 17.2 Å². The highest BCUT2D eigenvalue weighted by Crippen LogP contribution is 2.26. The predicted molar refractivity (Wildman–Crippen MR) is 103 cm³/mol. The van der Waals surface area contributed by atoms with E-state index >= 15 is 0 Å². The van der Waals surface area contributed by atoms with Crippen molar-refractivity contribution in [1.29, 1.82) is 0 Å². The number of aliphatic hydroxyl groups is 1. The molecule has 2 heterocycles. The summed E-state index contributed by atoms with van der Waals surface area (Å²) in [6.07, 6.45) is 3.19. The molecule has 0 saturated carbocycles. The van der Waals surface area contributed by atoms with E-state index in [0.717, 1.165) is 40.0 Å². The van der Waals surface area contributed by atoms with E-state index in [2.05, 4.69) is 4.98 Å². The lowest BCUT2D eigenvalue weighted by Crippen LogP contribution is -1.97. The maximum Gasteiger partial charge on any atom is 0.226 e.